The van der Waals surface area contributed by atoms with Crippen molar-refractivity contribution >= 4 is 18.2 Å². The summed E-state index contributed by atoms with van der Waals surface area (Å²) < 4.78 is 46.7. The standard InChI is InChI=1S/C24H31N3O6SSi/c1-34(28,29)31-16-21-13-18-5-7-20(14-23(18)32-21)33-24-8-6-19(15-25-24)22-9-10-26-27(22)17-30-11-12-35(2,3)4/h5-10,14-15,21H,11-13,16-17H2,1-4H3/t21-/m1/s1. The fraction of sp³-hybridized carbons (Fsp3) is 0.417. The molecule has 1 aliphatic rings. The lowest BCUT2D eigenvalue weighted by atomic mass is 10.1. The topological polar surface area (TPSA) is 102 Å². The molecule has 0 unspecified atom stereocenters. The number of rotatable bonds is 11. The average molecular weight is 518 g/mol. The summed E-state index contributed by atoms with van der Waals surface area (Å²) in [6.45, 7) is 8.09. The molecule has 0 saturated carbocycles. The van der Waals surface area contributed by atoms with Crippen LogP contribution in [0.3, 0.4) is 0 Å². The van der Waals surface area contributed by atoms with Crippen LogP contribution in [0.2, 0.25) is 25.7 Å². The molecule has 35 heavy (non-hydrogen) atoms. The molecule has 0 N–H and O–H groups in total. The maximum Gasteiger partial charge on any atom is 0.264 e. The lowest BCUT2D eigenvalue weighted by Gasteiger charge is -2.16. The third-order valence-corrected chi connectivity index (χ3v) is 7.70. The van der Waals surface area contributed by atoms with Crippen LogP contribution in [0.25, 0.3) is 11.3 Å². The molecule has 188 valence electrons. The summed E-state index contributed by atoms with van der Waals surface area (Å²) in [6, 6.07) is 12.3. The molecule has 0 bridgehead atoms. The van der Waals surface area contributed by atoms with Crippen LogP contribution in [0.4, 0.5) is 0 Å². The second kappa shape index (κ2) is 10.5. The number of nitrogens with zero attached hydrogens (tertiary/aromatic N) is 3. The quantitative estimate of drug-likeness (QED) is 0.210. The molecule has 11 heteroatoms. The van der Waals surface area contributed by atoms with Gasteiger partial charge >= 0.3 is 0 Å². The highest BCUT2D eigenvalue weighted by molar-refractivity contribution is 7.85. The minimum atomic E-state index is -3.51. The van der Waals surface area contributed by atoms with Crippen molar-refractivity contribution in [2.75, 3.05) is 19.5 Å². The molecular weight excluding hydrogens is 486 g/mol. The van der Waals surface area contributed by atoms with E-state index in [4.69, 9.17) is 18.4 Å². The highest BCUT2D eigenvalue weighted by atomic mass is 32.2. The van der Waals surface area contributed by atoms with Crippen molar-refractivity contribution in [2.45, 2.75) is 44.9 Å². The Morgan fingerprint density at radius 2 is 2.00 bits per heavy atom. The van der Waals surface area contributed by atoms with Gasteiger partial charge in [0.25, 0.3) is 10.1 Å². The summed E-state index contributed by atoms with van der Waals surface area (Å²) in [5.74, 6) is 1.68. The first-order valence-electron chi connectivity index (χ1n) is 11.4. The number of benzene rings is 1. The largest absolute Gasteiger partial charge is 0.487 e. The van der Waals surface area contributed by atoms with E-state index in [1.807, 2.05) is 28.9 Å². The Labute approximate surface area is 207 Å². The van der Waals surface area contributed by atoms with Crippen molar-refractivity contribution in [2.24, 2.45) is 0 Å². The van der Waals surface area contributed by atoms with Gasteiger partial charge in [0.05, 0.1) is 11.9 Å². The van der Waals surface area contributed by atoms with Crippen LogP contribution in [0.5, 0.6) is 17.4 Å². The van der Waals surface area contributed by atoms with Gasteiger partial charge in [-0.05, 0) is 29.8 Å². The second-order valence-corrected chi connectivity index (χ2v) is 17.0. The Kier molecular flexibility index (Phi) is 7.60. The number of hydrogen-bond donors (Lipinski definition) is 0. The van der Waals surface area contributed by atoms with Crippen LogP contribution in [-0.4, -0.2) is 56.8 Å². The van der Waals surface area contributed by atoms with Crippen LogP contribution >= 0.6 is 0 Å². The minimum absolute atomic E-state index is 0.0212. The van der Waals surface area contributed by atoms with Crippen LogP contribution < -0.4 is 9.47 Å². The SMILES string of the molecule is C[Si](C)(C)CCOCn1nccc1-c1ccc(Oc2ccc3c(c2)O[C@@H](COS(C)(=O)=O)C3)nc1. The van der Waals surface area contributed by atoms with Crippen molar-refractivity contribution in [1.29, 1.82) is 0 Å². The zero-order valence-corrected chi connectivity index (χ0v) is 22.2. The summed E-state index contributed by atoms with van der Waals surface area (Å²) in [7, 11) is -4.64. The molecular formula is C24H31N3O6SSi. The van der Waals surface area contributed by atoms with Crippen LogP contribution in [0, 0.1) is 0 Å². The molecule has 0 fully saturated rings. The summed E-state index contributed by atoms with van der Waals surface area (Å²) in [4.78, 5) is 4.44. The summed E-state index contributed by atoms with van der Waals surface area (Å²) in [5.41, 5.74) is 2.81. The van der Waals surface area contributed by atoms with Gasteiger partial charge in [-0.25, -0.2) is 9.67 Å². The zero-order valence-electron chi connectivity index (χ0n) is 20.4. The number of fused-ring (bicyclic) bond motifs is 1. The van der Waals surface area contributed by atoms with Gasteiger partial charge < -0.3 is 14.2 Å². The van der Waals surface area contributed by atoms with E-state index in [1.54, 1.807) is 24.5 Å². The Hall–Kier alpha value is -2.73. The van der Waals surface area contributed by atoms with E-state index in [-0.39, 0.29) is 12.7 Å². The van der Waals surface area contributed by atoms with E-state index in [0.29, 0.717) is 30.5 Å². The predicted molar refractivity (Wildman–Crippen MR) is 135 cm³/mol. The lowest BCUT2D eigenvalue weighted by Crippen LogP contribution is -2.22. The Bertz CT molecular complexity index is 1260. The molecule has 0 amide bonds. The summed E-state index contributed by atoms with van der Waals surface area (Å²) in [5, 5.41) is 4.37. The number of ether oxygens (including phenoxy) is 3. The minimum Gasteiger partial charge on any atom is -0.487 e. The van der Waals surface area contributed by atoms with E-state index in [0.717, 1.165) is 35.7 Å². The molecule has 9 nitrogen and oxygen atoms in total. The molecule has 3 aromatic rings. The van der Waals surface area contributed by atoms with Gasteiger partial charge in [0, 0.05) is 51.2 Å². The third-order valence-electron chi connectivity index (χ3n) is 5.43. The van der Waals surface area contributed by atoms with E-state index >= 15 is 0 Å². The summed E-state index contributed by atoms with van der Waals surface area (Å²) >= 11 is 0. The molecule has 1 aromatic carbocycles. The first-order chi connectivity index (χ1) is 16.6. The van der Waals surface area contributed by atoms with Crippen LogP contribution in [0.1, 0.15) is 5.56 Å². The fourth-order valence-electron chi connectivity index (χ4n) is 3.56. The highest BCUT2D eigenvalue weighted by Gasteiger charge is 2.25. The molecule has 0 radical (unpaired) electrons. The molecule has 0 aliphatic carbocycles. The Morgan fingerprint density at radius 1 is 1.17 bits per heavy atom. The average Bonchev–Trinajstić information content (AvgIpc) is 3.41. The van der Waals surface area contributed by atoms with Gasteiger partial charge in [-0.1, -0.05) is 25.7 Å². The van der Waals surface area contributed by atoms with E-state index in [2.05, 4.69) is 29.7 Å². The zero-order chi connectivity index (χ0) is 25.1. The van der Waals surface area contributed by atoms with Crippen LogP contribution in [-0.2, 0) is 32.2 Å². The smallest absolute Gasteiger partial charge is 0.264 e. The van der Waals surface area contributed by atoms with Crippen molar-refractivity contribution in [3.8, 4) is 28.6 Å². The van der Waals surface area contributed by atoms with Gasteiger partial charge in [0.2, 0.25) is 5.88 Å². The van der Waals surface area contributed by atoms with E-state index < -0.39 is 18.2 Å². The molecule has 4 rings (SSSR count). The molecule has 0 saturated heterocycles. The van der Waals surface area contributed by atoms with Gasteiger partial charge in [0.15, 0.2) is 0 Å². The van der Waals surface area contributed by atoms with Gasteiger partial charge in [-0.15, -0.1) is 0 Å². The Morgan fingerprint density at radius 3 is 2.71 bits per heavy atom. The molecule has 2 aromatic heterocycles. The first kappa shape index (κ1) is 25.4. The monoisotopic (exact) mass is 517 g/mol. The molecule has 1 atom stereocenters. The van der Waals surface area contributed by atoms with E-state index in [1.165, 1.54) is 0 Å². The van der Waals surface area contributed by atoms with Crippen molar-refractivity contribution < 1.29 is 26.8 Å². The third kappa shape index (κ3) is 7.37. The number of aromatic nitrogens is 3. The highest BCUT2D eigenvalue weighted by Crippen LogP contribution is 2.34. The molecule has 1 aliphatic heterocycles. The van der Waals surface area contributed by atoms with Gasteiger partial charge in [-0.3, -0.25) is 4.18 Å². The predicted octanol–water partition coefficient (Wildman–Crippen LogP) is 4.33. The van der Waals surface area contributed by atoms with Gasteiger partial charge in [0.1, 0.15) is 30.9 Å². The molecule has 3 heterocycles. The van der Waals surface area contributed by atoms with E-state index in [9.17, 15) is 8.42 Å². The Balaban J connectivity index is 1.35. The lowest BCUT2D eigenvalue weighted by molar-refractivity contribution is 0.0798. The maximum atomic E-state index is 11.2. The number of pyridine rings is 1. The fourth-order valence-corrected chi connectivity index (χ4v) is 4.71. The normalized spacial score (nSPS) is 15.6. The van der Waals surface area contributed by atoms with Crippen molar-refractivity contribution in [3.63, 3.8) is 0 Å². The van der Waals surface area contributed by atoms with Gasteiger partial charge in [-0.2, -0.15) is 13.5 Å². The second-order valence-electron chi connectivity index (χ2n) is 9.75. The van der Waals surface area contributed by atoms with Crippen molar-refractivity contribution in [1.82, 2.24) is 14.8 Å². The van der Waals surface area contributed by atoms with Crippen molar-refractivity contribution in [3.05, 3.63) is 54.4 Å². The molecule has 0 spiro atoms. The summed E-state index contributed by atoms with van der Waals surface area (Å²) in [6.07, 6.45) is 4.74. The number of hydrogen-bond acceptors (Lipinski definition) is 8. The first-order valence-corrected chi connectivity index (χ1v) is 17.0. The maximum absolute atomic E-state index is 11.2. The van der Waals surface area contributed by atoms with Crippen LogP contribution in [0.15, 0.2) is 48.8 Å².